The van der Waals surface area contributed by atoms with Crippen molar-refractivity contribution in [3.05, 3.63) is 18.2 Å². The molecule has 0 saturated heterocycles. The molecule has 3 amide bonds. The van der Waals surface area contributed by atoms with Gasteiger partial charge in [0.25, 0.3) is 0 Å². The molecule has 1 aromatic rings. The number of carbonyl (C=O) groups excluding carboxylic acids is 3. The molecule has 0 spiro atoms. The molecule has 28 heavy (non-hydrogen) atoms. The van der Waals surface area contributed by atoms with E-state index in [1.165, 1.54) is 12.5 Å². The number of aromatic amines is 1. The van der Waals surface area contributed by atoms with E-state index in [1.54, 1.807) is 0 Å². The molecule has 0 unspecified atom stereocenters. The molecule has 1 aromatic heterocycles. The molecule has 11 nitrogen and oxygen atoms in total. The van der Waals surface area contributed by atoms with Crippen molar-refractivity contribution in [1.29, 1.82) is 0 Å². The summed E-state index contributed by atoms with van der Waals surface area (Å²) in [6, 6.07) is -3.19. The molecular weight excluding hydrogens is 368 g/mol. The van der Waals surface area contributed by atoms with Crippen molar-refractivity contribution in [3.63, 3.8) is 0 Å². The van der Waals surface area contributed by atoms with Gasteiger partial charge in [0.2, 0.25) is 17.7 Å². The first-order chi connectivity index (χ1) is 13.1. The first-order valence-corrected chi connectivity index (χ1v) is 8.94. The monoisotopic (exact) mass is 396 g/mol. The van der Waals surface area contributed by atoms with Gasteiger partial charge in [-0.15, -0.1) is 0 Å². The number of amides is 3. The van der Waals surface area contributed by atoms with Crippen molar-refractivity contribution in [3.8, 4) is 0 Å². The topological polar surface area (TPSA) is 193 Å². The lowest BCUT2D eigenvalue weighted by Crippen LogP contribution is -2.55. The zero-order valence-electron chi connectivity index (χ0n) is 16.0. The summed E-state index contributed by atoms with van der Waals surface area (Å²) in [7, 11) is 0. The van der Waals surface area contributed by atoms with Crippen LogP contribution in [0.1, 0.15) is 38.8 Å². The van der Waals surface area contributed by atoms with Crippen LogP contribution < -0.4 is 22.1 Å². The van der Waals surface area contributed by atoms with Crippen LogP contribution in [0.15, 0.2) is 12.5 Å². The zero-order valence-corrected chi connectivity index (χ0v) is 16.0. The molecule has 11 heteroatoms. The number of nitrogens with zero attached hydrogens (tertiary/aromatic N) is 1. The van der Waals surface area contributed by atoms with Gasteiger partial charge in [0, 0.05) is 24.7 Å². The van der Waals surface area contributed by atoms with Crippen LogP contribution in [0.3, 0.4) is 0 Å². The van der Waals surface area contributed by atoms with E-state index < -0.39 is 41.8 Å². The lowest BCUT2D eigenvalue weighted by atomic mass is 10.0. The molecule has 0 saturated carbocycles. The van der Waals surface area contributed by atoms with E-state index in [1.807, 2.05) is 13.8 Å². The molecular formula is C17H28N6O5. The van der Waals surface area contributed by atoms with Crippen LogP contribution in [0.25, 0.3) is 0 Å². The molecule has 0 aliphatic carbocycles. The number of carboxylic acid groups (broad SMARTS) is 1. The van der Waals surface area contributed by atoms with Crippen LogP contribution in [0, 0.1) is 5.92 Å². The van der Waals surface area contributed by atoms with Crippen LogP contribution >= 0.6 is 0 Å². The number of primary amides is 1. The van der Waals surface area contributed by atoms with E-state index in [-0.39, 0.29) is 31.6 Å². The van der Waals surface area contributed by atoms with Gasteiger partial charge in [-0.1, -0.05) is 13.8 Å². The molecule has 0 aliphatic rings. The van der Waals surface area contributed by atoms with Gasteiger partial charge < -0.3 is 32.2 Å². The Bertz CT molecular complexity index is 676. The first-order valence-electron chi connectivity index (χ1n) is 8.94. The zero-order chi connectivity index (χ0) is 21.3. The van der Waals surface area contributed by atoms with Gasteiger partial charge in [0.05, 0.1) is 12.4 Å². The largest absolute Gasteiger partial charge is 0.480 e. The Balaban J connectivity index is 2.85. The molecule has 0 radical (unpaired) electrons. The first kappa shape index (κ1) is 23.1. The van der Waals surface area contributed by atoms with Crippen LogP contribution in [0.2, 0.25) is 0 Å². The number of aromatic nitrogens is 2. The Hall–Kier alpha value is -2.95. The third-order valence-electron chi connectivity index (χ3n) is 3.97. The van der Waals surface area contributed by atoms with Crippen molar-refractivity contribution in [2.75, 3.05) is 0 Å². The number of rotatable bonds is 12. The molecule has 1 rings (SSSR count). The number of imidazole rings is 1. The summed E-state index contributed by atoms with van der Waals surface area (Å²) in [5, 5.41) is 14.3. The summed E-state index contributed by atoms with van der Waals surface area (Å²) in [4.78, 5) is 53.9. The molecule has 3 atom stereocenters. The number of nitrogens with one attached hydrogen (secondary N) is 3. The molecule has 0 aromatic carbocycles. The Morgan fingerprint density at radius 1 is 1.18 bits per heavy atom. The second-order valence-corrected chi connectivity index (χ2v) is 6.98. The van der Waals surface area contributed by atoms with E-state index in [9.17, 15) is 24.3 Å². The Morgan fingerprint density at radius 2 is 1.82 bits per heavy atom. The van der Waals surface area contributed by atoms with Gasteiger partial charge in [-0.3, -0.25) is 14.4 Å². The molecule has 0 bridgehead atoms. The molecule has 8 N–H and O–H groups in total. The summed E-state index contributed by atoms with van der Waals surface area (Å²) in [5.41, 5.74) is 11.4. The quantitative estimate of drug-likeness (QED) is 0.251. The summed E-state index contributed by atoms with van der Waals surface area (Å²) in [6.45, 7) is 3.67. The van der Waals surface area contributed by atoms with Crippen molar-refractivity contribution in [2.24, 2.45) is 17.4 Å². The van der Waals surface area contributed by atoms with E-state index >= 15 is 0 Å². The normalized spacial score (nSPS) is 14.1. The highest BCUT2D eigenvalue weighted by atomic mass is 16.4. The fraction of sp³-hybridized carbons (Fsp3) is 0.588. The highest BCUT2D eigenvalue weighted by molar-refractivity contribution is 5.92. The number of hydrogen-bond donors (Lipinski definition) is 6. The summed E-state index contributed by atoms with van der Waals surface area (Å²) in [6.07, 6.45) is 3.18. The average Bonchev–Trinajstić information content (AvgIpc) is 3.10. The lowest BCUT2D eigenvalue weighted by Gasteiger charge is -2.23. The summed E-state index contributed by atoms with van der Waals surface area (Å²) >= 11 is 0. The maximum absolute atomic E-state index is 12.7. The van der Waals surface area contributed by atoms with Gasteiger partial charge in [0.1, 0.15) is 12.1 Å². The number of nitrogens with two attached hydrogens (primary N) is 2. The van der Waals surface area contributed by atoms with E-state index in [0.29, 0.717) is 5.69 Å². The number of H-pyrrole nitrogens is 1. The van der Waals surface area contributed by atoms with Crippen LogP contribution in [-0.4, -0.2) is 56.9 Å². The van der Waals surface area contributed by atoms with Gasteiger partial charge in [-0.2, -0.15) is 0 Å². The highest BCUT2D eigenvalue weighted by Gasteiger charge is 2.29. The smallest absolute Gasteiger partial charge is 0.326 e. The second kappa shape index (κ2) is 11.0. The number of hydrogen-bond acceptors (Lipinski definition) is 6. The van der Waals surface area contributed by atoms with Crippen molar-refractivity contribution in [1.82, 2.24) is 20.6 Å². The lowest BCUT2D eigenvalue weighted by molar-refractivity contribution is -0.142. The fourth-order valence-electron chi connectivity index (χ4n) is 2.50. The highest BCUT2D eigenvalue weighted by Crippen LogP contribution is 2.07. The van der Waals surface area contributed by atoms with Gasteiger partial charge in [-0.05, 0) is 18.8 Å². The Kier molecular flexibility index (Phi) is 9.09. The number of carboxylic acids is 1. The van der Waals surface area contributed by atoms with Gasteiger partial charge in [0.15, 0.2) is 0 Å². The average molecular weight is 396 g/mol. The summed E-state index contributed by atoms with van der Waals surface area (Å²) in [5.74, 6) is -3.00. The Labute approximate surface area is 162 Å². The fourth-order valence-corrected chi connectivity index (χ4v) is 2.50. The van der Waals surface area contributed by atoms with Crippen molar-refractivity contribution in [2.45, 2.75) is 57.7 Å². The standard InChI is InChI=1S/C17H28N6O5/c1-9(2)5-13(17(27)28)23-16(26)12(6-10-7-20-8-21-10)22-15(25)11(18)3-4-14(19)24/h7-9,11-13H,3-6,18H2,1-2H3,(H2,19,24)(H,20,21)(H,22,25)(H,23,26)(H,27,28)/t11-,12-,13-/m0/s1. The van der Waals surface area contributed by atoms with E-state index in [2.05, 4.69) is 20.6 Å². The third kappa shape index (κ3) is 8.16. The molecule has 0 aliphatic heterocycles. The van der Waals surface area contributed by atoms with E-state index in [4.69, 9.17) is 11.5 Å². The van der Waals surface area contributed by atoms with Crippen LogP contribution in [0.4, 0.5) is 0 Å². The third-order valence-corrected chi connectivity index (χ3v) is 3.97. The number of aliphatic carboxylic acids is 1. The maximum atomic E-state index is 12.7. The van der Waals surface area contributed by atoms with Crippen LogP contribution in [0.5, 0.6) is 0 Å². The van der Waals surface area contributed by atoms with Gasteiger partial charge >= 0.3 is 5.97 Å². The second-order valence-electron chi connectivity index (χ2n) is 6.98. The van der Waals surface area contributed by atoms with Crippen molar-refractivity contribution < 1.29 is 24.3 Å². The SMILES string of the molecule is CC(C)C[C@H](NC(=O)[C@H](Cc1cnc[nH]1)NC(=O)[C@@H](N)CCC(N)=O)C(=O)O. The number of carbonyl (C=O) groups is 4. The van der Waals surface area contributed by atoms with Gasteiger partial charge in [-0.25, -0.2) is 9.78 Å². The van der Waals surface area contributed by atoms with E-state index in [0.717, 1.165) is 0 Å². The minimum atomic E-state index is -1.16. The Morgan fingerprint density at radius 3 is 2.32 bits per heavy atom. The minimum absolute atomic E-state index is 0.0324. The maximum Gasteiger partial charge on any atom is 0.326 e. The van der Waals surface area contributed by atoms with Crippen molar-refractivity contribution >= 4 is 23.7 Å². The predicted octanol–water partition coefficient (Wildman–Crippen LogP) is -1.35. The summed E-state index contributed by atoms with van der Waals surface area (Å²) < 4.78 is 0. The molecule has 0 fully saturated rings. The van der Waals surface area contributed by atoms with Crippen LogP contribution in [-0.2, 0) is 25.6 Å². The molecule has 156 valence electrons. The minimum Gasteiger partial charge on any atom is -0.480 e. The predicted molar refractivity (Wildman–Crippen MR) is 99.6 cm³/mol. The molecule has 1 heterocycles.